The van der Waals surface area contributed by atoms with Gasteiger partial charge in [-0.25, -0.2) is 4.68 Å². The van der Waals surface area contributed by atoms with Gasteiger partial charge in [0.05, 0.1) is 34.6 Å². The summed E-state index contributed by atoms with van der Waals surface area (Å²) in [6.07, 6.45) is 2.02. The Kier molecular flexibility index (Phi) is 6.44. The van der Waals surface area contributed by atoms with Crippen molar-refractivity contribution in [1.82, 2.24) is 15.0 Å². The molecule has 0 saturated carbocycles. The first-order valence-corrected chi connectivity index (χ1v) is 16.9. The fourth-order valence-electron chi connectivity index (χ4n) is 7.97. The van der Waals surface area contributed by atoms with Gasteiger partial charge in [0.2, 0.25) is 0 Å². The summed E-state index contributed by atoms with van der Waals surface area (Å²) in [6, 6.07) is 52.2. The zero-order valence-corrected chi connectivity index (χ0v) is 28.2. The van der Waals surface area contributed by atoms with Crippen LogP contribution in [0.3, 0.4) is 0 Å². The largest absolute Gasteiger partial charge is 0.310 e. The maximum atomic E-state index is 4.61. The molecule has 0 N–H and O–H groups in total. The van der Waals surface area contributed by atoms with Crippen LogP contribution in [0.5, 0.6) is 0 Å². The van der Waals surface area contributed by atoms with Crippen molar-refractivity contribution in [2.45, 2.75) is 38.5 Å². The minimum Gasteiger partial charge on any atom is -0.310 e. The van der Waals surface area contributed by atoms with Crippen molar-refractivity contribution >= 4 is 34.1 Å². The number of rotatable bonds is 4. The lowest BCUT2D eigenvalue weighted by atomic mass is 9.73. The molecule has 0 spiro atoms. The molecule has 6 aromatic carbocycles. The highest BCUT2D eigenvalue weighted by molar-refractivity contribution is 5.87. The van der Waals surface area contributed by atoms with Crippen molar-refractivity contribution in [3.63, 3.8) is 0 Å². The molecule has 0 saturated heterocycles. The number of benzene rings is 6. The lowest BCUT2D eigenvalue weighted by Gasteiger charge is -2.42. The van der Waals surface area contributed by atoms with Gasteiger partial charge in [-0.3, -0.25) is 0 Å². The van der Waals surface area contributed by atoms with Crippen LogP contribution in [0.25, 0.3) is 16.9 Å². The number of fused-ring (bicyclic) bond motifs is 4. The van der Waals surface area contributed by atoms with E-state index in [0.29, 0.717) is 0 Å². The van der Waals surface area contributed by atoms with Gasteiger partial charge < -0.3 is 9.80 Å². The highest BCUT2D eigenvalue weighted by Crippen LogP contribution is 2.53. The Balaban J connectivity index is 1.05. The van der Waals surface area contributed by atoms with E-state index in [0.717, 1.165) is 28.3 Å². The van der Waals surface area contributed by atoms with Gasteiger partial charge in [0.15, 0.2) is 0 Å². The van der Waals surface area contributed by atoms with E-state index in [1.165, 1.54) is 45.0 Å². The monoisotopic (exact) mass is 635 g/mol. The molecule has 2 aliphatic rings. The highest BCUT2D eigenvalue weighted by atomic mass is 15.4. The fraction of sp³-hybridized carbons (Fsp3) is 0.136. The van der Waals surface area contributed by atoms with Gasteiger partial charge in [0, 0.05) is 27.8 Å². The summed E-state index contributed by atoms with van der Waals surface area (Å²) < 4.78 is 1.87. The highest BCUT2D eigenvalue weighted by Gasteiger charge is 2.37. The van der Waals surface area contributed by atoms with E-state index in [9.17, 15) is 0 Å². The van der Waals surface area contributed by atoms with Crippen molar-refractivity contribution in [3.8, 4) is 16.9 Å². The third kappa shape index (κ3) is 4.46. The number of aromatic nitrogens is 3. The minimum absolute atomic E-state index is 0.0865. The summed E-state index contributed by atoms with van der Waals surface area (Å²) in [7, 11) is 0. The van der Waals surface area contributed by atoms with Crippen molar-refractivity contribution in [2.24, 2.45) is 0 Å². The smallest absolute Gasteiger partial charge is 0.113 e. The van der Waals surface area contributed by atoms with Crippen LogP contribution in [0.1, 0.15) is 49.9 Å². The number of nitrogens with zero attached hydrogens (tertiary/aromatic N) is 5. The third-order valence-electron chi connectivity index (χ3n) is 10.5. The third-order valence-corrected chi connectivity index (χ3v) is 10.5. The van der Waals surface area contributed by atoms with E-state index in [1.807, 2.05) is 10.9 Å². The topological polar surface area (TPSA) is 37.2 Å². The quantitative estimate of drug-likeness (QED) is 0.193. The molecule has 0 aliphatic carbocycles. The average molecular weight is 636 g/mol. The second kappa shape index (κ2) is 10.8. The van der Waals surface area contributed by atoms with E-state index in [2.05, 4.69) is 193 Å². The van der Waals surface area contributed by atoms with Crippen molar-refractivity contribution in [2.75, 3.05) is 9.80 Å². The van der Waals surface area contributed by atoms with Crippen molar-refractivity contribution in [1.29, 1.82) is 0 Å². The molecule has 5 heteroatoms. The number of para-hydroxylation sites is 4. The summed E-state index contributed by atoms with van der Waals surface area (Å²) in [6.45, 7) is 9.25. The molecular weight excluding hydrogens is 599 g/mol. The summed E-state index contributed by atoms with van der Waals surface area (Å²) in [5.74, 6) is 0. The van der Waals surface area contributed by atoms with Crippen LogP contribution >= 0.6 is 0 Å². The van der Waals surface area contributed by atoms with Crippen molar-refractivity contribution in [3.05, 3.63) is 174 Å². The summed E-state index contributed by atoms with van der Waals surface area (Å²) >= 11 is 0. The fourth-order valence-corrected chi connectivity index (χ4v) is 7.97. The molecule has 7 aromatic rings. The molecule has 9 rings (SSSR count). The van der Waals surface area contributed by atoms with Gasteiger partial charge >= 0.3 is 0 Å². The molecule has 0 bridgehead atoms. The summed E-state index contributed by atoms with van der Waals surface area (Å²) in [5, 5.41) is 9.20. The molecule has 1 aromatic heterocycles. The predicted molar refractivity (Wildman–Crippen MR) is 200 cm³/mol. The van der Waals surface area contributed by atoms with Crippen LogP contribution in [0.2, 0.25) is 0 Å². The minimum atomic E-state index is -0.102. The van der Waals surface area contributed by atoms with Gasteiger partial charge in [-0.05, 0) is 76.9 Å². The molecule has 3 heterocycles. The molecule has 0 radical (unpaired) electrons. The molecule has 0 amide bonds. The zero-order valence-electron chi connectivity index (χ0n) is 28.2. The van der Waals surface area contributed by atoms with Crippen LogP contribution in [0.15, 0.2) is 152 Å². The Bertz CT molecular complexity index is 2270. The second-order valence-corrected chi connectivity index (χ2v) is 14.1. The van der Waals surface area contributed by atoms with E-state index in [1.54, 1.807) is 0 Å². The Labute approximate surface area is 287 Å². The van der Waals surface area contributed by atoms with Crippen LogP contribution in [0, 0.1) is 0 Å². The Hall–Kier alpha value is -5.94. The maximum Gasteiger partial charge on any atom is 0.113 e. The molecule has 49 heavy (non-hydrogen) atoms. The average Bonchev–Trinajstić information content (AvgIpc) is 3.63. The molecule has 238 valence electrons. The number of hydrogen-bond acceptors (Lipinski definition) is 4. The Morgan fingerprint density at radius 1 is 0.429 bits per heavy atom. The van der Waals surface area contributed by atoms with Crippen LogP contribution in [0.4, 0.5) is 34.1 Å². The molecule has 0 unspecified atom stereocenters. The maximum absolute atomic E-state index is 4.61. The first kappa shape index (κ1) is 29.2. The van der Waals surface area contributed by atoms with Gasteiger partial charge in [-0.15, -0.1) is 5.10 Å². The normalized spacial score (nSPS) is 15.2. The van der Waals surface area contributed by atoms with Gasteiger partial charge in [-0.1, -0.05) is 124 Å². The number of anilines is 6. The standard InChI is InChI=1S/C44H37N5/c1-43(2)34-16-5-9-20-39(34)48(40-21-10-6-17-35(40)43)31-26-24-30(25-27-31)38-29-47(46-45-38)32-14-13-15-33(28-32)49-41-22-11-7-18-36(41)44(3,4)37-19-8-12-23-42(37)49/h5-29H,1-4H3. The lowest BCUT2D eigenvalue weighted by Crippen LogP contribution is -2.30. The van der Waals surface area contributed by atoms with Crippen LogP contribution in [-0.2, 0) is 10.8 Å². The van der Waals surface area contributed by atoms with Crippen LogP contribution < -0.4 is 9.80 Å². The van der Waals surface area contributed by atoms with Crippen LogP contribution in [-0.4, -0.2) is 15.0 Å². The van der Waals surface area contributed by atoms with Gasteiger partial charge in [0.1, 0.15) is 5.69 Å². The summed E-state index contributed by atoms with van der Waals surface area (Å²) in [4.78, 5) is 4.74. The van der Waals surface area contributed by atoms with Crippen molar-refractivity contribution < 1.29 is 0 Å². The van der Waals surface area contributed by atoms with E-state index in [4.69, 9.17) is 0 Å². The first-order valence-electron chi connectivity index (χ1n) is 16.9. The Morgan fingerprint density at radius 2 is 0.857 bits per heavy atom. The van der Waals surface area contributed by atoms with Gasteiger partial charge in [0.25, 0.3) is 0 Å². The van der Waals surface area contributed by atoms with Gasteiger partial charge in [-0.2, -0.15) is 0 Å². The lowest BCUT2D eigenvalue weighted by molar-refractivity contribution is 0.631. The first-order chi connectivity index (χ1) is 23.8. The Morgan fingerprint density at radius 3 is 1.35 bits per heavy atom. The predicted octanol–water partition coefficient (Wildman–Crippen LogP) is 11.2. The van der Waals surface area contributed by atoms with E-state index in [-0.39, 0.29) is 10.8 Å². The number of hydrogen-bond donors (Lipinski definition) is 0. The summed E-state index contributed by atoms with van der Waals surface area (Å²) in [5.41, 5.74) is 14.9. The molecule has 0 fully saturated rings. The molecule has 5 nitrogen and oxygen atoms in total. The molecule has 2 aliphatic heterocycles. The van der Waals surface area contributed by atoms with E-state index < -0.39 is 0 Å². The van der Waals surface area contributed by atoms with E-state index >= 15 is 0 Å². The second-order valence-electron chi connectivity index (χ2n) is 14.1. The molecular formula is C44H37N5. The molecule has 0 atom stereocenters. The SMILES string of the molecule is CC1(C)c2ccccc2N(c2ccc(-c3cn(-c4cccc(N5c6ccccc6C(C)(C)c6ccccc65)c4)nn3)cc2)c2ccccc21. The zero-order chi connectivity index (χ0) is 33.3.